The van der Waals surface area contributed by atoms with E-state index in [1.807, 2.05) is 0 Å². The third-order valence-electron chi connectivity index (χ3n) is 4.27. The molecule has 2 amide bonds. The van der Waals surface area contributed by atoms with Gasteiger partial charge in [-0.05, 0) is 24.5 Å². The molecule has 4 nitrogen and oxygen atoms in total. The first kappa shape index (κ1) is 15.6. The minimum Gasteiger partial charge on any atom is -0.327 e. The number of halogens is 3. The van der Waals surface area contributed by atoms with Crippen LogP contribution in [0.15, 0.2) is 35.5 Å². The first-order valence-corrected chi connectivity index (χ1v) is 7.27. The van der Waals surface area contributed by atoms with Gasteiger partial charge in [0.15, 0.2) is 5.78 Å². The van der Waals surface area contributed by atoms with Crippen molar-refractivity contribution in [1.29, 1.82) is 0 Å². The topological polar surface area (TPSA) is 49.4 Å². The zero-order valence-corrected chi connectivity index (χ0v) is 12.4. The second kappa shape index (κ2) is 5.40. The van der Waals surface area contributed by atoms with Gasteiger partial charge in [-0.2, -0.15) is 13.2 Å². The van der Waals surface area contributed by atoms with Crippen LogP contribution in [0.1, 0.15) is 36.4 Å². The van der Waals surface area contributed by atoms with Crippen LogP contribution >= 0.6 is 0 Å². The van der Waals surface area contributed by atoms with E-state index in [2.05, 4.69) is 5.32 Å². The Morgan fingerprint density at radius 2 is 1.87 bits per heavy atom. The Bertz CT molecular complexity index is 710. The molecule has 1 atom stereocenters. The Kier molecular flexibility index (Phi) is 3.66. The lowest BCUT2D eigenvalue weighted by Crippen LogP contribution is -2.47. The normalized spacial score (nSPS) is 22.1. The number of allylic oxidation sites excluding steroid dienone is 1. The molecule has 1 aliphatic carbocycles. The number of nitrogens with zero attached hydrogens (tertiary/aromatic N) is 1. The average molecular weight is 324 g/mol. The van der Waals surface area contributed by atoms with E-state index >= 15 is 0 Å². The van der Waals surface area contributed by atoms with Gasteiger partial charge in [-0.1, -0.05) is 18.2 Å². The number of hydrogen-bond acceptors (Lipinski definition) is 2. The molecule has 0 spiro atoms. The second-order valence-corrected chi connectivity index (χ2v) is 5.66. The van der Waals surface area contributed by atoms with E-state index in [1.165, 1.54) is 30.1 Å². The van der Waals surface area contributed by atoms with Crippen molar-refractivity contribution in [1.82, 2.24) is 10.2 Å². The van der Waals surface area contributed by atoms with Gasteiger partial charge in [0.05, 0.1) is 11.6 Å². The Labute approximate surface area is 131 Å². The smallest absolute Gasteiger partial charge is 0.327 e. The fourth-order valence-electron chi connectivity index (χ4n) is 3.18. The van der Waals surface area contributed by atoms with E-state index in [0.29, 0.717) is 18.5 Å². The van der Waals surface area contributed by atoms with Gasteiger partial charge in [0.25, 0.3) is 0 Å². The number of amides is 2. The summed E-state index contributed by atoms with van der Waals surface area (Å²) < 4.78 is 39.8. The van der Waals surface area contributed by atoms with Crippen molar-refractivity contribution in [2.45, 2.75) is 31.5 Å². The molecule has 1 aromatic rings. The molecule has 2 aliphatic rings. The summed E-state index contributed by atoms with van der Waals surface area (Å²) in [7, 11) is 1.52. The first-order chi connectivity index (χ1) is 10.8. The van der Waals surface area contributed by atoms with Crippen LogP contribution in [0.4, 0.5) is 18.0 Å². The van der Waals surface area contributed by atoms with E-state index < -0.39 is 23.8 Å². The summed E-state index contributed by atoms with van der Waals surface area (Å²) in [6.45, 7) is 0. The van der Waals surface area contributed by atoms with Gasteiger partial charge in [0.2, 0.25) is 0 Å². The predicted octanol–water partition coefficient (Wildman–Crippen LogP) is 3.41. The van der Waals surface area contributed by atoms with Crippen LogP contribution in [0.5, 0.6) is 0 Å². The number of alkyl halides is 3. The summed E-state index contributed by atoms with van der Waals surface area (Å²) in [5.41, 5.74) is -0.133. The van der Waals surface area contributed by atoms with Gasteiger partial charge in [-0.3, -0.25) is 4.79 Å². The molecule has 0 fully saturated rings. The van der Waals surface area contributed by atoms with E-state index in [1.54, 1.807) is 0 Å². The predicted molar refractivity (Wildman–Crippen MR) is 76.4 cm³/mol. The van der Waals surface area contributed by atoms with Gasteiger partial charge >= 0.3 is 12.2 Å². The molecule has 0 saturated carbocycles. The van der Waals surface area contributed by atoms with E-state index in [-0.39, 0.29) is 23.3 Å². The fourth-order valence-corrected chi connectivity index (χ4v) is 3.18. The van der Waals surface area contributed by atoms with Crippen molar-refractivity contribution in [2.24, 2.45) is 0 Å². The largest absolute Gasteiger partial charge is 0.416 e. The van der Waals surface area contributed by atoms with E-state index in [4.69, 9.17) is 0 Å². The molecule has 1 aliphatic heterocycles. The molecule has 0 bridgehead atoms. The Morgan fingerprint density at radius 1 is 1.17 bits per heavy atom. The quantitative estimate of drug-likeness (QED) is 0.860. The number of hydrogen-bond donors (Lipinski definition) is 1. The Morgan fingerprint density at radius 3 is 2.57 bits per heavy atom. The van der Waals surface area contributed by atoms with Crippen molar-refractivity contribution < 1.29 is 22.8 Å². The molecule has 0 saturated heterocycles. The molecular weight excluding hydrogens is 309 g/mol. The van der Waals surface area contributed by atoms with E-state index in [0.717, 1.165) is 6.07 Å². The highest BCUT2D eigenvalue weighted by atomic mass is 19.4. The standard InChI is InChI=1S/C16H15F3N2O2/c1-21-11-7-4-8-12(22)13(11)14(20-15(21)23)9-5-2-3-6-10(9)16(17,18)19/h2-3,5-6,14H,4,7-8H2,1H3,(H,20,23)/t14-/m1/s1. The summed E-state index contributed by atoms with van der Waals surface area (Å²) in [5, 5.41) is 2.53. The van der Waals surface area contributed by atoms with Crippen LogP contribution in [-0.2, 0) is 11.0 Å². The highest BCUT2D eigenvalue weighted by molar-refractivity contribution is 6.01. The maximum atomic E-state index is 13.3. The zero-order chi connectivity index (χ0) is 16.8. The lowest BCUT2D eigenvalue weighted by atomic mass is 9.83. The number of urea groups is 1. The molecule has 0 aromatic heterocycles. The van der Waals surface area contributed by atoms with Gasteiger partial charge in [0, 0.05) is 24.7 Å². The number of ketones is 1. The average Bonchev–Trinajstić information content (AvgIpc) is 2.50. The Hall–Kier alpha value is -2.31. The summed E-state index contributed by atoms with van der Waals surface area (Å²) >= 11 is 0. The van der Waals surface area contributed by atoms with Crippen molar-refractivity contribution in [3.63, 3.8) is 0 Å². The van der Waals surface area contributed by atoms with Gasteiger partial charge < -0.3 is 10.2 Å². The summed E-state index contributed by atoms with van der Waals surface area (Å²) in [6.07, 6.45) is -3.16. The third kappa shape index (κ3) is 2.60. The summed E-state index contributed by atoms with van der Waals surface area (Å²) in [5.74, 6) is -0.208. The maximum absolute atomic E-state index is 13.3. The highest BCUT2D eigenvalue weighted by Crippen LogP contribution is 2.41. The van der Waals surface area contributed by atoms with Crippen LogP contribution < -0.4 is 5.32 Å². The second-order valence-electron chi connectivity index (χ2n) is 5.66. The number of carbonyl (C=O) groups is 2. The molecule has 3 rings (SSSR count). The number of benzene rings is 1. The summed E-state index contributed by atoms with van der Waals surface area (Å²) in [6, 6.07) is 3.49. The van der Waals surface area contributed by atoms with Crippen LogP contribution in [-0.4, -0.2) is 23.8 Å². The van der Waals surface area contributed by atoms with Gasteiger partial charge in [-0.25, -0.2) is 4.79 Å². The number of nitrogens with one attached hydrogen (secondary N) is 1. The number of Topliss-reactive ketones (excluding diaryl/α,β-unsaturated/α-hetero) is 1. The molecule has 0 unspecified atom stereocenters. The van der Waals surface area contributed by atoms with Crippen LogP contribution in [0.3, 0.4) is 0 Å². The van der Waals surface area contributed by atoms with Crippen LogP contribution in [0, 0.1) is 0 Å². The molecule has 1 heterocycles. The van der Waals surface area contributed by atoms with Crippen molar-refractivity contribution in [3.8, 4) is 0 Å². The molecule has 0 radical (unpaired) electrons. The third-order valence-corrected chi connectivity index (χ3v) is 4.27. The van der Waals surface area contributed by atoms with Crippen LogP contribution in [0.25, 0.3) is 0 Å². The first-order valence-electron chi connectivity index (χ1n) is 7.27. The summed E-state index contributed by atoms with van der Waals surface area (Å²) in [4.78, 5) is 25.7. The molecule has 23 heavy (non-hydrogen) atoms. The molecule has 1 N–H and O–H groups in total. The Balaban J connectivity index is 2.18. The van der Waals surface area contributed by atoms with Gasteiger partial charge in [0.1, 0.15) is 0 Å². The zero-order valence-electron chi connectivity index (χ0n) is 12.4. The minimum absolute atomic E-state index is 0.0933. The molecule has 122 valence electrons. The van der Waals surface area contributed by atoms with Crippen molar-refractivity contribution >= 4 is 11.8 Å². The number of carbonyl (C=O) groups excluding carboxylic acids is 2. The minimum atomic E-state index is -4.55. The lowest BCUT2D eigenvalue weighted by molar-refractivity contribution is -0.138. The van der Waals surface area contributed by atoms with Crippen LogP contribution in [0.2, 0.25) is 0 Å². The highest BCUT2D eigenvalue weighted by Gasteiger charge is 2.41. The molecular formula is C16H15F3N2O2. The van der Waals surface area contributed by atoms with E-state index in [9.17, 15) is 22.8 Å². The maximum Gasteiger partial charge on any atom is 0.416 e. The molecule has 1 aromatic carbocycles. The van der Waals surface area contributed by atoms with Crippen molar-refractivity contribution in [3.05, 3.63) is 46.7 Å². The van der Waals surface area contributed by atoms with Crippen molar-refractivity contribution in [2.75, 3.05) is 7.05 Å². The van der Waals surface area contributed by atoms with Gasteiger partial charge in [-0.15, -0.1) is 0 Å². The number of rotatable bonds is 1. The monoisotopic (exact) mass is 324 g/mol. The SMILES string of the molecule is CN1C(=O)N[C@H](c2ccccc2C(F)(F)F)C2=C1CCCC2=O. The lowest BCUT2D eigenvalue weighted by Gasteiger charge is -2.37. The fraction of sp³-hybridized carbons (Fsp3) is 0.375. The molecule has 7 heteroatoms.